The maximum absolute atomic E-state index is 14.9. The zero-order valence-corrected chi connectivity index (χ0v) is 35.2. The minimum Gasteiger partial charge on any atom is -0.502 e. The molecular formula is C48H42F4N6O8. The molecule has 340 valence electrons. The van der Waals surface area contributed by atoms with Crippen molar-refractivity contribution in [2.75, 3.05) is 49.7 Å². The Morgan fingerprint density at radius 3 is 1.29 bits per heavy atom. The van der Waals surface area contributed by atoms with E-state index < -0.39 is 69.5 Å². The molecule has 0 unspecified atom stereocenters. The van der Waals surface area contributed by atoms with Gasteiger partial charge in [0.15, 0.2) is 46.0 Å². The number of aromatic hydroxyl groups is 2. The normalized spacial score (nSPS) is 18.1. The van der Waals surface area contributed by atoms with Gasteiger partial charge in [-0.15, -0.1) is 0 Å². The van der Waals surface area contributed by atoms with Crippen LogP contribution in [0.15, 0.2) is 119 Å². The Kier molecular flexibility index (Phi) is 11.9. The van der Waals surface area contributed by atoms with Gasteiger partial charge in [-0.3, -0.25) is 38.5 Å². The number of aromatic nitrogens is 2. The molecule has 0 saturated carbocycles. The molecule has 4 aromatic carbocycles. The average Bonchev–Trinajstić information content (AvgIpc) is 3.38. The summed E-state index contributed by atoms with van der Waals surface area (Å²) in [5.74, 6) is -6.84. The Bertz CT molecular complexity index is 2760. The minimum absolute atomic E-state index is 0.103. The number of nitrogens with zero attached hydrogens (tertiary/aromatic N) is 6. The third-order valence-corrected chi connectivity index (χ3v) is 12.0. The quantitative estimate of drug-likeness (QED) is 0.190. The first kappa shape index (κ1) is 43.5. The van der Waals surface area contributed by atoms with E-state index in [1.807, 2.05) is 60.7 Å². The van der Waals surface area contributed by atoms with Gasteiger partial charge in [0.25, 0.3) is 11.8 Å². The van der Waals surface area contributed by atoms with E-state index in [-0.39, 0.29) is 49.4 Å². The van der Waals surface area contributed by atoms with Crippen LogP contribution in [0.5, 0.6) is 23.0 Å². The number of rotatable bonds is 2. The van der Waals surface area contributed by atoms with Crippen molar-refractivity contribution in [3.8, 4) is 23.0 Å². The molecule has 2 N–H and O–H groups in total. The van der Waals surface area contributed by atoms with Crippen LogP contribution in [0.1, 0.15) is 81.0 Å². The minimum atomic E-state index is -1.08. The molecule has 10 rings (SSSR count). The summed E-state index contributed by atoms with van der Waals surface area (Å²) in [6, 6.07) is 24.2. The number of amides is 2. The molecule has 6 heterocycles. The van der Waals surface area contributed by atoms with E-state index in [0.29, 0.717) is 49.9 Å². The summed E-state index contributed by atoms with van der Waals surface area (Å²) in [5, 5.41) is 24.5. The van der Waals surface area contributed by atoms with E-state index in [9.17, 15) is 47.0 Å². The van der Waals surface area contributed by atoms with Crippen LogP contribution < -0.4 is 30.3 Å². The van der Waals surface area contributed by atoms with Crippen LogP contribution in [0.2, 0.25) is 0 Å². The summed E-state index contributed by atoms with van der Waals surface area (Å²) >= 11 is 0. The third kappa shape index (κ3) is 7.81. The van der Waals surface area contributed by atoms with Gasteiger partial charge in [0.05, 0.1) is 13.2 Å². The van der Waals surface area contributed by atoms with Crippen molar-refractivity contribution >= 4 is 11.8 Å². The maximum Gasteiger partial charge on any atom is 0.277 e. The fourth-order valence-electron chi connectivity index (χ4n) is 8.80. The van der Waals surface area contributed by atoms with Crippen molar-refractivity contribution in [1.82, 2.24) is 19.2 Å². The smallest absolute Gasteiger partial charge is 0.277 e. The molecule has 14 nitrogen and oxygen atoms in total. The van der Waals surface area contributed by atoms with E-state index >= 15 is 0 Å². The van der Waals surface area contributed by atoms with E-state index in [2.05, 4.69) is 0 Å². The molecule has 2 aromatic heterocycles. The summed E-state index contributed by atoms with van der Waals surface area (Å²) in [7, 11) is 0. The standard InChI is InChI=1S/2C24H21F2N3O4/c2*25-17-9-8-16-20(15-6-2-1-3-7-15)29-14-27(11-4-5-13-33-23(16)19(17)26)24(32)21-22(31)18(30)10-12-28(21)29/h2*1-3,6-10,12,20,31H,4-5,11,13-14H2/t2*20-/m10/s1. The predicted octanol–water partition coefficient (Wildman–Crippen LogP) is 6.29. The van der Waals surface area contributed by atoms with Crippen molar-refractivity contribution < 1.29 is 46.8 Å². The highest BCUT2D eigenvalue weighted by Crippen LogP contribution is 2.41. The number of pyridine rings is 2. The first-order chi connectivity index (χ1) is 31.9. The summed E-state index contributed by atoms with van der Waals surface area (Å²) in [5.41, 5.74) is 0.499. The molecular weight excluding hydrogens is 865 g/mol. The van der Waals surface area contributed by atoms with Crippen LogP contribution in [-0.2, 0) is 0 Å². The van der Waals surface area contributed by atoms with Gasteiger partial charge < -0.3 is 29.5 Å². The summed E-state index contributed by atoms with van der Waals surface area (Å²) < 4.78 is 72.5. The highest BCUT2D eigenvalue weighted by molar-refractivity contribution is 5.97. The average molecular weight is 907 g/mol. The van der Waals surface area contributed by atoms with Gasteiger partial charge in [-0.25, -0.2) is 8.78 Å². The molecule has 4 bridgehead atoms. The highest BCUT2D eigenvalue weighted by atomic mass is 19.2. The Morgan fingerprint density at radius 1 is 0.500 bits per heavy atom. The molecule has 0 saturated heterocycles. The molecule has 0 radical (unpaired) electrons. The topological polar surface area (TPSA) is 150 Å². The second-order valence-electron chi connectivity index (χ2n) is 16.0. The lowest BCUT2D eigenvalue weighted by Gasteiger charge is -2.44. The van der Waals surface area contributed by atoms with Crippen molar-refractivity contribution in [2.45, 2.75) is 37.8 Å². The Morgan fingerprint density at radius 2 is 0.894 bits per heavy atom. The largest absolute Gasteiger partial charge is 0.502 e. The predicted molar refractivity (Wildman–Crippen MR) is 232 cm³/mol. The lowest BCUT2D eigenvalue weighted by Crippen LogP contribution is -2.55. The van der Waals surface area contributed by atoms with E-state index in [1.165, 1.54) is 43.7 Å². The van der Waals surface area contributed by atoms with Gasteiger partial charge in [0.1, 0.15) is 25.4 Å². The van der Waals surface area contributed by atoms with Gasteiger partial charge >= 0.3 is 0 Å². The molecule has 66 heavy (non-hydrogen) atoms. The Balaban J connectivity index is 0.000000166. The molecule has 0 aliphatic carbocycles. The van der Waals surface area contributed by atoms with Crippen LogP contribution in [0.4, 0.5) is 17.6 Å². The van der Waals surface area contributed by atoms with E-state index in [0.717, 1.165) is 35.4 Å². The first-order valence-electron chi connectivity index (χ1n) is 21.3. The number of carbonyl (C=O) groups excluding carboxylic acids is 2. The van der Waals surface area contributed by atoms with Crippen molar-refractivity contribution in [2.24, 2.45) is 0 Å². The number of ether oxygens (including phenoxy) is 2. The number of fused-ring (bicyclic) bond motifs is 10. The third-order valence-electron chi connectivity index (χ3n) is 12.0. The molecule has 0 fully saturated rings. The first-order valence-corrected chi connectivity index (χ1v) is 21.3. The maximum atomic E-state index is 14.9. The Hall–Kier alpha value is -7.76. The number of carbonyl (C=O) groups is 2. The molecule has 2 amide bonds. The molecule has 4 aliphatic rings. The SMILES string of the molecule is O=C1c2c(O)c(=O)ccn2N2CN1CCCCOc1c(ccc(F)c1F)[C@@H]2c1ccccc1.O=C1c2c(O)c(=O)ccn2N2CN1CCCCOc1c(ccc(F)c1F)[C@H]2c1ccccc1. The lowest BCUT2D eigenvalue weighted by molar-refractivity contribution is 0.0669. The highest BCUT2D eigenvalue weighted by Gasteiger charge is 2.40. The van der Waals surface area contributed by atoms with Crippen molar-refractivity contribution in [3.05, 3.63) is 187 Å². The second kappa shape index (κ2) is 18.0. The zero-order chi connectivity index (χ0) is 46.2. The van der Waals surface area contributed by atoms with Crippen molar-refractivity contribution in [3.63, 3.8) is 0 Å². The van der Waals surface area contributed by atoms with Gasteiger partial charge in [-0.2, -0.15) is 8.78 Å². The molecule has 4 aliphatic heterocycles. The number of halogens is 4. The molecule has 6 aromatic rings. The second-order valence-corrected chi connectivity index (χ2v) is 16.0. The zero-order valence-electron chi connectivity index (χ0n) is 35.2. The van der Waals surface area contributed by atoms with Crippen LogP contribution in [0.25, 0.3) is 0 Å². The molecule has 0 spiro atoms. The van der Waals surface area contributed by atoms with Gasteiger partial charge in [-0.05, 0) is 61.1 Å². The monoisotopic (exact) mass is 906 g/mol. The van der Waals surface area contributed by atoms with Crippen molar-refractivity contribution in [1.29, 1.82) is 0 Å². The summed E-state index contributed by atoms with van der Waals surface area (Å²) in [4.78, 5) is 53.7. The number of hydrogen-bond donors (Lipinski definition) is 2. The van der Waals surface area contributed by atoms with Gasteiger partial charge in [0, 0.05) is 48.7 Å². The molecule has 2 atom stereocenters. The van der Waals surface area contributed by atoms with E-state index in [4.69, 9.17) is 9.47 Å². The number of benzene rings is 4. The fourth-order valence-corrected chi connectivity index (χ4v) is 8.80. The van der Waals surface area contributed by atoms with Crippen LogP contribution >= 0.6 is 0 Å². The summed E-state index contributed by atoms with van der Waals surface area (Å²) in [6.45, 7) is 1.18. The van der Waals surface area contributed by atoms with Crippen LogP contribution in [-0.4, -0.2) is 80.8 Å². The van der Waals surface area contributed by atoms with Crippen LogP contribution in [0, 0.1) is 23.3 Å². The summed E-state index contributed by atoms with van der Waals surface area (Å²) in [6.07, 6.45) is 4.90. The van der Waals surface area contributed by atoms with E-state index in [1.54, 1.807) is 10.0 Å². The fraction of sp³-hybridized carbons (Fsp3) is 0.250. The molecule has 18 heteroatoms. The lowest BCUT2D eigenvalue weighted by atomic mass is 9.96. The van der Waals surface area contributed by atoms with Gasteiger partial charge in [0.2, 0.25) is 22.5 Å². The number of hydrogen-bond acceptors (Lipinski definition) is 10. The Labute approximate surface area is 374 Å². The van der Waals surface area contributed by atoms with Gasteiger partial charge in [-0.1, -0.05) is 60.7 Å². The van der Waals surface area contributed by atoms with Crippen LogP contribution in [0.3, 0.4) is 0 Å².